The summed E-state index contributed by atoms with van der Waals surface area (Å²) in [6.45, 7) is 4.67. The van der Waals surface area contributed by atoms with Crippen LogP contribution in [0.3, 0.4) is 0 Å². The summed E-state index contributed by atoms with van der Waals surface area (Å²) in [5.41, 5.74) is 2.82. The number of carbonyl (C=O) groups excluding carboxylic acids is 1. The molecule has 0 aromatic heterocycles. The highest BCUT2D eigenvalue weighted by atomic mass is 16.5. The minimum absolute atomic E-state index is 0.166. The van der Waals surface area contributed by atoms with Gasteiger partial charge in [-0.1, -0.05) is 50.2 Å². The third kappa shape index (κ3) is 3.27. The third-order valence-corrected chi connectivity index (χ3v) is 3.17. The van der Waals surface area contributed by atoms with Gasteiger partial charge in [-0.15, -0.1) is 0 Å². The molecule has 2 heteroatoms. The van der Waals surface area contributed by atoms with Crippen LogP contribution < -0.4 is 4.74 Å². The van der Waals surface area contributed by atoms with Gasteiger partial charge in [0.25, 0.3) is 0 Å². The molecule has 20 heavy (non-hydrogen) atoms. The van der Waals surface area contributed by atoms with Gasteiger partial charge in [-0.2, -0.15) is 0 Å². The number of ketones is 1. The fourth-order valence-corrected chi connectivity index (χ4v) is 2.11. The van der Waals surface area contributed by atoms with Crippen LogP contribution >= 0.6 is 0 Å². The number of carbonyl (C=O) groups is 1. The molecule has 2 rings (SSSR count). The van der Waals surface area contributed by atoms with Crippen molar-refractivity contribution in [2.24, 2.45) is 0 Å². The highest BCUT2D eigenvalue weighted by molar-refractivity contribution is 5.97. The van der Waals surface area contributed by atoms with E-state index in [1.807, 2.05) is 55.5 Å². The molecule has 2 aromatic rings. The minimum Gasteiger partial charge on any atom is -0.493 e. The predicted molar refractivity (Wildman–Crippen MR) is 82.3 cm³/mol. The monoisotopic (exact) mass is 268 g/mol. The van der Waals surface area contributed by atoms with Crippen LogP contribution in [-0.4, -0.2) is 12.4 Å². The van der Waals surface area contributed by atoms with Crippen molar-refractivity contribution in [2.75, 3.05) is 6.61 Å². The normalized spacial score (nSPS) is 10.3. The molecule has 0 fully saturated rings. The van der Waals surface area contributed by atoms with Gasteiger partial charge in [0.05, 0.1) is 6.61 Å². The summed E-state index contributed by atoms with van der Waals surface area (Å²) >= 11 is 0. The first-order valence-electron chi connectivity index (χ1n) is 7.11. The summed E-state index contributed by atoms with van der Waals surface area (Å²) in [6.07, 6.45) is 1.50. The van der Waals surface area contributed by atoms with Gasteiger partial charge in [0.2, 0.25) is 0 Å². The molecule has 0 atom stereocenters. The van der Waals surface area contributed by atoms with Crippen molar-refractivity contribution in [3.05, 3.63) is 54.1 Å². The van der Waals surface area contributed by atoms with Crippen molar-refractivity contribution in [1.29, 1.82) is 0 Å². The molecule has 2 nitrogen and oxygen atoms in total. The molecule has 0 heterocycles. The zero-order valence-corrected chi connectivity index (χ0v) is 12.1. The Labute approximate surface area is 120 Å². The summed E-state index contributed by atoms with van der Waals surface area (Å²) in [7, 11) is 0. The van der Waals surface area contributed by atoms with Gasteiger partial charge in [0.15, 0.2) is 5.78 Å². The first-order chi connectivity index (χ1) is 9.76. The van der Waals surface area contributed by atoms with Crippen molar-refractivity contribution >= 4 is 5.78 Å². The van der Waals surface area contributed by atoms with E-state index in [4.69, 9.17) is 4.74 Å². The number of rotatable bonds is 6. The van der Waals surface area contributed by atoms with Crippen LogP contribution in [0.1, 0.15) is 37.0 Å². The third-order valence-electron chi connectivity index (χ3n) is 3.17. The number of hydrogen-bond donors (Lipinski definition) is 0. The van der Waals surface area contributed by atoms with Crippen molar-refractivity contribution in [2.45, 2.75) is 26.7 Å². The van der Waals surface area contributed by atoms with E-state index >= 15 is 0 Å². The molecular formula is C18H20O2. The molecule has 0 amide bonds. The Morgan fingerprint density at radius 2 is 1.85 bits per heavy atom. The molecule has 0 saturated heterocycles. The summed E-state index contributed by atoms with van der Waals surface area (Å²) in [4.78, 5) is 11.8. The fourth-order valence-electron chi connectivity index (χ4n) is 2.11. The average molecular weight is 268 g/mol. The Bertz CT molecular complexity index is 587. The summed E-state index contributed by atoms with van der Waals surface area (Å²) < 4.78 is 5.78. The largest absolute Gasteiger partial charge is 0.493 e. The van der Waals surface area contributed by atoms with E-state index in [2.05, 4.69) is 6.92 Å². The number of hydrogen-bond acceptors (Lipinski definition) is 2. The van der Waals surface area contributed by atoms with Crippen LogP contribution in [0.5, 0.6) is 5.75 Å². The topological polar surface area (TPSA) is 26.3 Å². The van der Waals surface area contributed by atoms with Gasteiger partial charge < -0.3 is 4.74 Å². The molecule has 0 radical (unpaired) electrons. The lowest BCUT2D eigenvalue weighted by Gasteiger charge is -2.11. The maximum absolute atomic E-state index is 11.8. The molecule has 0 spiro atoms. The van der Waals surface area contributed by atoms with Crippen molar-refractivity contribution in [3.8, 4) is 16.9 Å². The van der Waals surface area contributed by atoms with Crippen molar-refractivity contribution in [1.82, 2.24) is 0 Å². The van der Waals surface area contributed by atoms with E-state index < -0.39 is 0 Å². The quantitative estimate of drug-likeness (QED) is 0.708. The van der Waals surface area contributed by atoms with Crippen LogP contribution in [-0.2, 0) is 0 Å². The first-order valence-corrected chi connectivity index (χ1v) is 7.11. The molecule has 0 N–H and O–H groups in total. The minimum atomic E-state index is 0.166. The maximum atomic E-state index is 11.8. The Hall–Kier alpha value is -2.09. The summed E-state index contributed by atoms with van der Waals surface area (Å²) in [5.74, 6) is 1.04. The summed E-state index contributed by atoms with van der Waals surface area (Å²) in [6, 6.07) is 15.7. The van der Waals surface area contributed by atoms with Crippen LogP contribution in [0.2, 0.25) is 0 Å². The Kier molecular flexibility index (Phi) is 4.94. The van der Waals surface area contributed by atoms with E-state index in [1.165, 1.54) is 0 Å². The molecule has 0 unspecified atom stereocenters. The van der Waals surface area contributed by atoms with Gasteiger partial charge in [0.1, 0.15) is 5.75 Å². The van der Waals surface area contributed by atoms with Gasteiger partial charge in [-0.3, -0.25) is 4.79 Å². The molecular weight excluding hydrogens is 248 g/mol. The number of ether oxygens (including phenoxy) is 1. The van der Waals surface area contributed by atoms with Gasteiger partial charge in [-0.25, -0.2) is 0 Å². The van der Waals surface area contributed by atoms with E-state index in [1.54, 1.807) is 0 Å². The SMILES string of the molecule is CCCOc1ccccc1-c1cccc(C(=O)CC)c1. The second-order valence-corrected chi connectivity index (χ2v) is 4.70. The van der Waals surface area contributed by atoms with Gasteiger partial charge in [-0.05, 0) is 24.1 Å². The second kappa shape index (κ2) is 6.90. The standard InChI is InChI=1S/C18H20O2/c1-3-12-20-18-11-6-5-10-16(18)14-8-7-9-15(13-14)17(19)4-2/h5-11,13H,3-4,12H2,1-2H3. The van der Waals surface area contributed by atoms with Crippen LogP contribution in [0, 0.1) is 0 Å². The molecule has 0 bridgehead atoms. The predicted octanol–water partition coefficient (Wildman–Crippen LogP) is 4.74. The van der Waals surface area contributed by atoms with Gasteiger partial charge in [0, 0.05) is 17.5 Å². The van der Waals surface area contributed by atoms with Crippen LogP contribution in [0.15, 0.2) is 48.5 Å². The highest BCUT2D eigenvalue weighted by Crippen LogP contribution is 2.30. The Morgan fingerprint density at radius 1 is 1.05 bits per heavy atom. The van der Waals surface area contributed by atoms with E-state index in [-0.39, 0.29) is 5.78 Å². The molecule has 0 aliphatic heterocycles. The lowest BCUT2D eigenvalue weighted by molar-refractivity contribution is 0.0988. The fraction of sp³-hybridized carbons (Fsp3) is 0.278. The molecule has 2 aromatic carbocycles. The number of Topliss-reactive ketones (excluding diaryl/α,β-unsaturated/α-hetero) is 1. The lowest BCUT2D eigenvalue weighted by Crippen LogP contribution is -1.98. The number of benzene rings is 2. The average Bonchev–Trinajstić information content (AvgIpc) is 2.52. The Morgan fingerprint density at radius 3 is 2.60 bits per heavy atom. The van der Waals surface area contributed by atoms with Gasteiger partial charge >= 0.3 is 0 Å². The lowest BCUT2D eigenvalue weighted by atomic mass is 10.00. The van der Waals surface area contributed by atoms with E-state index in [9.17, 15) is 4.79 Å². The number of para-hydroxylation sites is 1. The first kappa shape index (κ1) is 14.3. The summed E-state index contributed by atoms with van der Waals surface area (Å²) in [5, 5.41) is 0. The Balaban J connectivity index is 2.38. The highest BCUT2D eigenvalue weighted by Gasteiger charge is 2.08. The molecule has 104 valence electrons. The second-order valence-electron chi connectivity index (χ2n) is 4.70. The van der Waals surface area contributed by atoms with Crippen molar-refractivity contribution in [3.63, 3.8) is 0 Å². The zero-order chi connectivity index (χ0) is 14.4. The molecule has 0 aliphatic rings. The van der Waals surface area contributed by atoms with Crippen LogP contribution in [0.25, 0.3) is 11.1 Å². The molecule has 0 saturated carbocycles. The van der Waals surface area contributed by atoms with E-state index in [0.717, 1.165) is 28.9 Å². The maximum Gasteiger partial charge on any atom is 0.162 e. The van der Waals surface area contributed by atoms with Crippen LogP contribution in [0.4, 0.5) is 0 Å². The van der Waals surface area contributed by atoms with E-state index in [0.29, 0.717) is 13.0 Å². The zero-order valence-electron chi connectivity index (χ0n) is 12.1. The molecule has 0 aliphatic carbocycles. The van der Waals surface area contributed by atoms with Crippen molar-refractivity contribution < 1.29 is 9.53 Å². The smallest absolute Gasteiger partial charge is 0.162 e.